The molecule has 28 heavy (non-hydrogen) atoms. The van der Waals surface area contributed by atoms with Crippen molar-refractivity contribution in [3.8, 4) is 5.69 Å². The van der Waals surface area contributed by atoms with Gasteiger partial charge in [-0.15, -0.1) is 0 Å². The second kappa shape index (κ2) is 7.36. The second-order valence-corrected chi connectivity index (χ2v) is 7.90. The molecular weight excluding hydrogens is 351 g/mol. The molecule has 0 aliphatic heterocycles. The topological polar surface area (TPSA) is 38.0 Å². The first kappa shape index (κ1) is 18.6. The average Bonchev–Trinajstić information content (AvgIpc) is 3.10. The van der Waals surface area contributed by atoms with Crippen LogP contribution in [-0.4, -0.2) is 21.0 Å². The Kier molecular flexibility index (Phi) is 4.90. The first-order valence-corrected chi connectivity index (χ1v) is 9.71. The molecule has 4 rings (SSSR count). The van der Waals surface area contributed by atoms with Crippen molar-refractivity contribution in [3.05, 3.63) is 89.0 Å². The molecule has 1 heterocycles. The quantitative estimate of drug-likeness (QED) is 0.683. The van der Waals surface area contributed by atoms with Gasteiger partial charge in [-0.1, -0.05) is 42.8 Å². The molecule has 1 aliphatic carbocycles. The Morgan fingerprint density at radius 1 is 1.14 bits per heavy atom. The van der Waals surface area contributed by atoms with Crippen molar-refractivity contribution in [3.63, 3.8) is 0 Å². The minimum atomic E-state index is -0.439. The molecule has 3 aromatic rings. The van der Waals surface area contributed by atoms with Crippen LogP contribution in [-0.2, 0) is 12.8 Å². The van der Waals surface area contributed by atoms with Gasteiger partial charge in [0.1, 0.15) is 5.82 Å². The summed E-state index contributed by atoms with van der Waals surface area (Å²) in [5.74, 6) is -0.259. The van der Waals surface area contributed by atoms with Gasteiger partial charge in [0.2, 0.25) is 0 Å². The molecule has 2 atom stereocenters. The van der Waals surface area contributed by atoms with Gasteiger partial charge >= 0.3 is 0 Å². The average molecular weight is 376 g/mol. The number of hydrogen-bond acceptors (Lipinski definition) is 2. The van der Waals surface area contributed by atoms with Crippen LogP contribution >= 0.6 is 0 Å². The molecule has 0 unspecified atom stereocenters. The van der Waals surface area contributed by atoms with Gasteiger partial charge in [0.05, 0.1) is 23.7 Å². The van der Waals surface area contributed by atoms with Gasteiger partial charge in [0.15, 0.2) is 0 Å². The van der Waals surface area contributed by atoms with Crippen molar-refractivity contribution in [2.24, 2.45) is 5.41 Å². The Bertz CT molecular complexity index is 991. The number of nitrogens with zero attached hydrogens (tertiary/aromatic N) is 2. The van der Waals surface area contributed by atoms with Gasteiger partial charge in [-0.2, -0.15) is 5.10 Å². The van der Waals surface area contributed by atoms with E-state index in [2.05, 4.69) is 37.2 Å². The van der Waals surface area contributed by atoms with Crippen LogP contribution in [0.2, 0.25) is 0 Å². The maximum Gasteiger partial charge on any atom is 0.123 e. The number of benzene rings is 2. The number of halogens is 1. The normalized spacial score (nSPS) is 19.8. The molecule has 0 bridgehead atoms. The minimum absolute atomic E-state index is 0.259. The highest BCUT2D eigenvalue weighted by atomic mass is 19.1. The lowest BCUT2D eigenvalue weighted by Gasteiger charge is -2.38. The van der Waals surface area contributed by atoms with Crippen LogP contribution < -0.4 is 0 Å². The fraction of sp³-hybridized carbons (Fsp3) is 0.292. The lowest BCUT2D eigenvalue weighted by Crippen LogP contribution is -2.37. The summed E-state index contributed by atoms with van der Waals surface area (Å²) in [6.07, 6.45) is 5.85. The molecule has 144 valence electrons. The minimum Gasteiger partial charge on any atom is -0.392 e. The van der Waals surface area contributed by atoms with Crippen molar-refractivity contribution < 1.29 is 9.50 Å². The van der Waals surface area contributed by atoms with Crippen molar-refractivity contribution in [1.82, 2.24) is 9.78 Å². The van der Waals surface area contributed by atoms with E-state index in [9.17, 15) is 9.50 Å². The largest absolute Gasteiger partial charge is 0.392 e. The number of aromatic nitrogens is 2. The number of aliphatic hydroxyl groups is 1. The zero-order chi connectivity index (χ0) is 19.7. The summed E-state index contributed by atoms with van der Waals surface area (Å²) in [5.41, 5.74) is 5.02. The number of hydrogen-bond donors (Lipinski definition) is 1. The summed E-state index contributed by atoms with van der Waals surface area (Å²) in [7, 11) is 0. The maximum absolute atomic E-state index is 13.2. The Hall–Kier alpha value is -2.72. The third-order valence-corrected chi connectivity index (χ3v) is 6.05. The highest BCUT2D eigenvalue weighted by Crippen LogP contribution is 2.42. The van der Waals surface area contributed by atoms with E-state index in [0.717, 1.165) is 35.4 Å². The van der Waals surface area contributed by atoms with Crippen LogP contribution in [0.3, 0.4) is 0 Å². The Labute approximate surface area is 165 Å². The molecule has 0 saturated carbocycles. The van der Waals surface area contributed by atoms with Gasteiger partial charge < -0.3 is 5.11 Å². The van der Waals surface area contributed by atoms with Crippen LogP contribution in [0.4, 0.5) is 4.39 Å². The van der Waals surface area contributed by atoms with Crippen LogP contribution in [0, 0.1) is 11.2 Å². The van der Waals surface area contributed by atoms with Crippen LogP contribution in [0.5, 0.6) is 0 Å². The van der Waals surface area contributed by atoms with E-state index in [1.807, 2.05) is 29.1 Å². The summed E-state index contributed by atoms with van der Waals surface area (Å²) >= 11 is 0. The molecule has 0 fully saturated rings. The van der Waals surface area contributed by atoms with Gasteiger partial charge in [-0.25, -0.2) is 9.07 Å². The van der Waals surface area contributed by atoms with Crippen molar-refractivity contribution in [2.45, 2.75) is 39.2 Å². The molecule has 1 N–H and O–H groups in total. The molecule has 1 aromatic heterocycles. The van der Waals surface area contributed by atoms with Crippen molar-refractivity contribution in [1.29, 1.82) is 0 Å². The predicted molar refractivity (Wildman–Crippen MR) is 110 cm³/mol. The van der Waals surface area contributed by atoms with E-state index >= 15 is 0 Å². The van der Waals surface area contributed by atoms with Crippen LogP contribution in [0.1, 0.15) is 37.1 Å². The fourth-order valence-electron chi connectivity index (χ4n) is 4.02. The number of aryl methyl sites for hydroxylation is 1. The molecular formula is C24H25FN2O. The van der Waals surface area contributed by atoms with E-state index < -0.39 is 6.10 Å². The molecule has 0 saturated heterocycles. The highest BCUT2D eigenvalue weighted by Gasteiger charge is 2.38. The van der Waals surface area contributed by atoms with E-state index in [4.69, 9.17) is 0 Å². The first-order chi connectivity index (χ1) is 13.5. The van der Waals surface area contributed by atoms with Gasteiger partial charge in [-0.05, 0) is 67.7 Å². The molecule has 0 amide bonds. The molecule has 3 nitrogen and oxygen atoms in total. The van der Waals surface area contributed by atoms with Gasteiger partial charge in [0, 0.05) is 5.41 Å². The molecule has 4 heteroatoms. The molecule has 2 aromatic carbocycles. The maximum atomic E-state index is 13.2. The van der Waals surface area contributed by atoms with Gasteiger partial charge in [0.25, 0.3) is 0 Å². The fourth-order valence-corrected chi connectivity index (χ4v) is 4.02. The lowest BCUT2D eigenvalue weighted by molar-refractivity contribution is 0.0550. The molecule has 1 aliphatic rings. The standard InChI is InChI=1S/C24H25FN2O/c1-17-14-22-19(16-26-27(22)21-11-9-20(25)10-12-21)15-24(17,2)23(28)13-8-18-6-4-3-5-7-18/h3-7,9-12,14,16,23,28H,8,13,15H2,1-2H3/t23-,24+/m1/s1. The number of aliphatic hydroxyl groups excluding tert-OH is 1. The summed E-state index contributed by atoms with van der Waals surface area (Å²) in [4.78, 5) is 0. The number of fused-ring (bicyclic) bond motifs is 1. The van der Waals surface area contributed by atoms with Crippen LogP contribution in [0.25, 0.3) is 11.8 Å². The lowest BCUT2D eigenvalue weighted by atomic mass is 9.69. The summed E-state index contributed by atoms with van der Waals surface area (Å²) < 4.78 is 15.1. The van der Waals surface area contributed by atoms with Gasteiger partial charge in [-0.3, -0.25) is 0 Å². The zero-order valence-corrected chi connectivity index (χ0v) is 16.3. The van der Waals surface area contributed by atoms with E-state index in [1.165, 1.54) is 17.7 Å². The summed E-state index contributed by atoms with van der Waals surface area (Å²) in [6.45, 7) is 4.21. The SMILES string of the molecule is CC1=Cc2c(cnn2-c2ccc(F)cc2)C[C@]1(C)[C@H](O)CCc1ccccc1. The predicted octanol–water partition coefficient (Wildman–Crippen LogP) is 4.97. The Balaban J connectivity index is 1.57. The zero-order valence-electron chi connectivity index (χ0n) is 16.3. The number of rotatable bonds is 5. The Morgan fingerprint density at radius 3 is 2.57 bits per heavy atom. The summed E-state index contributed by atoms with van der Waals surface area (Å²) in [5, 5.41) is 15.6. The first-order valence-electron chi connectivity index (χ1n) is 9.71. The highest BCUT2D eigenvalue weighted by molar-refractivity contribution is 5.60. The third-order valence-electron chi connectivity index (χ3n) is 6.05. The van der Waals surface area contributed by atoms with E-state index in [1.54, 1.807) is 12.1 Å². The molecule has 0 radical (unpaired) electrons. The second-order valence-electron chi connectivity index (χ2n) is 7.90. The Morgan fingerprint density at radius 2 is 1.86 bits per heavy atom. The third kappa shape index (κ3) is 3.40. The van der Waals surface area contributed by atoms with Crippen molar-refractivity contribution >= 4 is 6.08 Å². The van der Waals surface area contributed by atoms with Crippen molar-refractivity contribution in [2.75, 3.05) is 0 Å². The van der Waals surface area contributed by atoms with E-state index in [0.29, 0.717) is 6.42 Å². The van der Waals surface area contributed by atoms with Crippen LogP contribution in [0.15, 0.2) is 66.4 Å². The summed E-state index contributed by atoms with van der Waals surface area (Å²) in [6, 6.07) is 16.6. The smallest absolute Gasteiger partial charge is 0.123 e. The van der Waals surface area contributed by atoms with E-state index in [-0.39, 0.29) is 11.2 Å². The monoisotopic (exact) mass is 376 g/mol. The molecule has 0 spiro atoms.